The number of anilines is 1. The van der Waals surface area contributed by atoms with Crippen LogP contribution in [-0.4, -0.2) is 30.6 Å². The Bertz CT molecular complexity index is 1120. The molecule has 0 bridgehead atoms. The molecule has 0 aromatic heterocycles. The Hall–Kier alpha value is -3.81. The predicted molar refractivity (Wildman–Crippen MR) is 105 cm³/mol. The van der Waals surface area contributed by atoms with Crippen LogP contribution in [0.25, 0.3) is 6.08 Å². The van der Waals surface area contributed by atoms with Crippen molar-refractivity contribution >= 4 is 35.3 Å². The Morgan fingerprint density at radius 2 is 1.93 bits per heavy atom. The van der Waals surface area contributed by atoms with Crippen molar-refractivity contribution in [3.8, 4) is 0 Å². The van der Waals surface area contributed by atoms with Crippen LogP contribution in [0.4, 0.5) is 14.9 Å². The van der Waals surface area contributed by atoms with Crippen LogP contribution in [0.15, 0.2) is 42.0 Å². The summed E-state index contributed by atoms with van der Waals surface area (Å²) in [6.07, 6.45) is -0.394. The number of halogens is 1. The summed E-state index contributed by atoms with van der Waals surface area (Å²) in [4.78, 5) is 48.1. The molecule has 1 aliphatic carbocycles. The highest BCUT2D eigenvalue weighted by Gasteiger charge is 2.33. The van der Waals surface area contributed by atoms with Gasteiger partial charge in [0.15, 0.2) is 11.6 Å². The summed E-state index contributed by atoms with van der Waals surface area (Å²) < 4.78 is 18.7. The number of nitrogens with one attached hydrogen (secondary N) is 2. The third-order valence-corrected chi connectivity index (χ3v) is 5.09. The van der Waals surface area contributed by atoms with Crippen LogP contribution in [0.3, 0.4) is 0 Å². The van der Waals surface area contributed by atoms with Crippen molar-refractivity contribution in [3.05, 3.63) is 70.0 Å². The van der Waals surface area contributed by atoms with Crippen LogP contribution in [0.5, 0.6) is 0 Å². The molecule has 152 valence electrons. The number of imide groups is 1. The van der Waals surface area contributed by atoms with Crippen LogP contribution >= 0.6 is 0 Å². The lowest BCUT2D eigenvalue weighted by Gasteiger charge is -2.18. The highest BCUT2D eigenvalue weighted by molar-refractivity contribution is 6.25. The van der Waals surface area contributed by atoms with Crippen molar-refractivity contribution in [1.82, 2.24) is 5.32 Å². The number of ketones is 2. The van der Waals surface area contributed by atoms with E-state index in [1.807, 2.05) is 5.32 Å². The van der Waals surface area contributed by atoms with Crippen LogP contribution in [0, 0.1) is 5.82 Å². The third-order valence-electron chi connectivity index (χ3n) is 5.09. The van der Waals surface area contributed by atoms with Gasteiger partial charge in [-0.3, -0.25) is 19.7 Å². The first-order valence-electron chi connectivity index (χ1n) is 9.24. The molecule has 1 fully saturated rings. The first-order chi connectivity index (χ1) is 14.4. The molecule has 1 heterocycles. The zero-order chi connectivity index (χ0) is 21.4. The van der Waals surface area contributed by atoms with Gasteiger partial charge in [-0.1, -0.05) is 24.3 Å². The molecule has 0 radical (unpaired) electrons. The summed E-state index contributed by atoms with van der Waals surface area (Å²) >= 11 is 0. The van der Waals surface area contributed by atoms with Gasteiger partial charge in [-0.2, -0.15) is 0 Å². The minimum absolute atomic E-state index is 0.0183. The van der Waals surface area contributed by atoms with Crippen molar-refractivity contribution in [1.29, 1.82) is 0 Å². The fraction of sp³-hybridized carbons (Fsp3) is 0.182. The molecular formula is C22H17FN2O5. The molecule has 0 saturated carbocycles. The van der Waals surface area contributed by atoms with Crippen LogP contribution in [0.2, 0.25) is 0 Å². The first-order valence-corrected chi connectivity index (χ1v) is 9.24. The number of fused-ring (bicyclic) bond motifs is 1. The van der Waals surface area contributed by atoms with Crippen molar-refractivity contribution in [3.63, 3.8) is 0 Å². The summed E-state index contributed by atoms with van der Waals surface area (Å²) in [5, 5.41) is 4.92. The van der Waals surface area contributed by atoms with E-state index in [1.54, 1.807) is 31.3 Å². The topological polar surface area (TPSA) is 102 Å². The van der Waals surface area contributed by atoms with Crippen molar-refractivity contribution < 1.29 is 28.3 Å². The Morgan fingerprint density at radius 1 is 1.20 bits per heavy atom. The molecule has 1 aliphatic heterocycles. The van der Waals surface area contributed by atoms with Gasteiger partial charge < -0.3 is 10.1 Å². The summed E-state index contributed by atoms with van der Waals surface area (Å²) in [7, 11) is 1.64. The maximum Gasteiger partial charge on any atom is 0.415 e. The molecular weight excluding hydrogens is 391 g/mol. The Balaban J connectivity index is 1.54. The van der Waals surface area contributed by atoms with Crippen molar-refractivity contribution in [2.75, 3.05) is 12.4 Å². The molecule has 2 aromatic carbocycles. The van der Waals surface area contributed by atoms with E-state index < -0.39 is 23.9 Å². The van der Waals surface area contributed by atoms with E-state index in [-0.39, 0.29) is 30.0 Å². The van der Waals surface area contributed by atoms with Crippen molar-refractivity contribution in [2.24, 2.45) is 0 Å². The second-order valence-electron chi connectivity index (χ2n) is 7.05. The fourth-order valence-corrected chi connectivity index (χ4v) is 3.60. The number of hydrogen-bond acceptors (Lipinski definition) is 6. The fourth-order valence-electron chi connectivity index (χ4n) is 3.60. The zero-order valence-corrected chi connectivity index (χ0v) is 16.0. The van der Waals surface area contributed by atoms with Crippen LogP contribution < -0.4 is 10.6 Å². The third kappa shape index (κ3) is 3.59. The summed E-state index contributed by atoms with van der Waals surface area (Å²) in [5.41, 5.74) is 2.83. The number of rotatable bonds is 5. The van der Waals surface area contributed by atoms with Crippen molar-refractivity contribution in [2.45, 2.75) is 18.9 Å². The second kappa shape index (κ2) is 7.55. The maximum absolute atomic E-state index is 13.8. The molecule has 7 nitrogen and oxygen atoms in total. The molecule has 4 rings (SSSR count). The number of carbonyl (C=O) groups is 4. The highest BCUT2D eigenvalue weighted by atomic mass is 19.1. The highest BCUT2D eigenvalue weighted by Crippen LogP contribution is 2.30. The van der Waals surface area contributed by atoms with Gasteiger partial charge in [0, 0.05) is 31.1 Å². The minimum atomic E-state index is -1.02. The van der Waals surface area contributed by atoms with Gasteiger partial charge in [0.25, 0.3) is 5.91 Å². The van der Waals surface area contributed by atoms with Gasteiger partial charge >= 0.3 is 6.09 Å². The lowest BCUT2D eigenvalue weighted by atomic mass is 9.86. The van der Waals surface area contributed by atoms with Gasteiger partial charge in [-0.25, -0.2) is 9.18 Å². The van der Waals surface area contributed by atoms with E-state index in [9.17, 15) is 23.6 Å². The summed E-state index contributed by atoms with van der Waals surface area (Å²) in [6, 6.07) is 9.06. The number of ether oxygens (including phenoxy) is 1. The predicted octanol–water partition coefficient (Wildman–Crippen LogP) is 2.50. The Morgan fingerprint density at radius 3 is 2.57 bits per heavy atom. The van der Waals surface area contributed by atoms with Gasteiger partial charge in [-0.15, -0.1) is 0 Å². The lowest BCUT2D eigenvalue weighted by Crippen LogP contribution is -2.21. The molecule has 2 amide bonds. The number of amides is 2. The van der Waals surface area contributed by atoms with E-state index in [1.165, 1.54) is 18.2 Å². The monoisotopic (exact) mass is 408 g/mol. The smallest absolute Gasteiger partial charge is 0.415 e. The SMILES string of the molecule is CNc1cc(F)cc2c1CC(=O)C(C(=O)Cc1ccc(C3OC(=O)NC3=O)cc1)=C2. The number of cyclic esters (lactones) is 1. The molecule has 30 heavy (non-hydrogen) atoms. The Kier molecular flexibility index (Phi) is 4.91. The number of carbonyl (C=O) groups excluding carboxylic acids is 4. The van der Waals surface area contributed by atoms with Gasteiger partial charge in [0.1, 0.15) is 5.82 Å². The molecule has 0 spiro atoms. The average Bonchev–Trinajstić information content (AvgIpc) is 3.05. The molecule has 1 saturated heterocycles. The molecule has 2 N–H and O–H groups in total. The normalized spacial score (nSPS) is 17.7. The first kappa shape index (κ1) is 19.5. The van der Waals surface area contributed by atoms with E-state index in [0.29, 0.717) is 27.9 Å². The van der Waals surface area contributed by atoms with Gasteiger partial charge in [0.05, 0.1) is 5.57 Å². The number of Topliss-reactive ketones (excluding diaryl/α,β-unsaturated/α-hetero) is 2. The number of allylic oxidation sites excluding steroid dienone is 1. The molecule has 1 unspecified atom stereocenters. The molecule has 2 aromatic rings. The standard InChI is InChI=1S/C22H17FN2O5/c1-24-17-9-14(23)7-13-8-16(19(27)10-15(13)17)18(26)6-11-2-4-12(5-3-11)20-21(28)25-22(29)30-20/h2-5,7-9,20,24H,6,10H2,1H3,(H,25,28,29). The second-order valence-corrected chi connectivity index (χ2v) is 7.05. The summed E-state index contributed by atoms with van der Waals surface area (Å²) in [6.45, 7) is 0. The number of benzene rings is 2. The quantitative estimate of drug-likeness (QED) is 0.738. The van der Waals surface area contributed by atoms with E-state index in [0.717, 1.165) is 0 Å². The van der Waals surface area contributed by atoms with Crippen LogP contribution in [0.1, 0.15) is 28.4 Å². The minimum Gasteiger partial charge on any atom is -0.431 e. The van der Waals surface area contributed by atoms with E-state index in [4.69, 9.17) is 4.74 Å². The number of alkyl carbamates (subject to hydrolysis) is 1. The van der Waals surface area contributed by atoms with Gasteiger partial charge in [0.2, 0.25) is 6.10 Å². The number of hydrogen-bond donors (Lipinski definition) is 2. The van der Waals surface area contributed by atoms with Gasteiger partial charge in [-0.05, 0) is 34.9 Å². The molecule has 1 atom stereocenters. The average molecular weight is 408 g/mol. The Labute approximate surface area is 170 Å². The maximum atomic E-state index is 13.8. The zero-order valence-electron chi connectivity index (χ0n) is 16.0. The molecule has 2 aliphatic rings. The largest absolute Gasteiger partial charge is 0.431 e. The lowest BCUT2D eigenvalue weighted by molar-refractivity contribution is -0.124. The summed E-state index contributed by atoms with van der Waals surface area (Å²) in [5.74, 6) is -1.70. The van der Waals surface area contributed by atoms with E-state index in [2.05, 4.69) is 5.32 Å². The van der Waals surface area contributed by atoms with Crippen LogP contribution in [-0.2, 0) is 32.0 Å². The molecule has 8 heteroatoms. The van der Waals surface area contributed by atoms with E-state index >= 15 is 0 Å².